The number of halogens is 4. The molecule has 0 aromatic heterocycles. The fourth-order valence-electron chi connectivity index (χ4n) is 2.03. The van der Waals surface area contributed by atoms with E-state index in [1.54, 1.807) is 0 Å². The summed E-state index contributed by atoms with van der Waals surface area (Å²) in [5.41, 5.74) is -0.421. The van der Waals surface area contributed by atoms with Crippen LogP contribution in [0.15, 0.2) is 0 Å². The number of hydrogen-bond acceptors (Lipinski definition) is 3. The number of nitrogens with one attached hydrogen (secondary N) is 1. The van der Waals surface area contributed by atoms with Crippen molar-refractivity contribution < 1.29 is 27.4 Å². The Morgan fingerprint density at radius 3 is 2.45 bits per heavy atom. The van der Waals surface area contributed by atoms with E-state index in [-0.39, 0.29) is 13.2 Å². The molecule has 1 aliphatic carbocycles. The lowest BCUT2D eigenvalue weighted by Gasteiger charge is -2.32. The molecule has 0 radical (unpaired) electrons. The van der Waals surface area contributed by atoms with Crippen molar-refractivity contribution in [3.63, 3.8) is 0 Å². The molecule has 0 bridgehead atoms. The van der Waals surface area contributed by atoms with Crippen LogP contribution in [0.2, 0.25) is 0 Å². The van der Waals surface area contributed by atoms with Gasteiger partial charge in [0, 0.05) is 18.2 Å². The minimum Gasteiger partial charge on any atom is -0.394 e. The highest BCUT2D eigenvalue weighted by Crippen LogP contribution is 2.27. The van der Waals surface area contributed by atoms with Crippen molar-refractivity contribution in [2.75, 3.05) is 19.8 Å². The topological polar surface area (TPSA) is 41.5 Å². The molecular weight excluding hydrogens is 278 g/mol. The van der Waals surface area contributed by atoms with Crippen LogP contribution in [-0.4, -0.2) is 48.9 Å². The van der Waals surface area contributed by atoms with Gasteiger partial charge in [-0.05, 0) is 32.1 Å². The van der Waals surface area contributed by atoms with E-state index in [1.165, 1.54) is 0 Å². The summed E-state index contributed by atoms with van der Waals surface area (Å²) in [5, 5.41) is 12.8. The summed E-state index contributed by atoms with van der Waals surface area (Å²) in [5.74, 6) is -4.09. The Bertz CT molecular complexity index is 282. The SMILES string of the molecule is CCC(CO)(CCCOCC(F)(F)C(F)F)NC1CC1. The summed E-state index contributed by atoms with van der Waals surface area (Å²) in [6.45, 7) is 0.625. The second-order valence-corrected chi connectivity index (χ2v) is 5.43. The van der Waals surface area contributed by atoms with Crippen LogP contribution >= 0.6 is 0 Å². The molecule has 0 aliphatic heterocycles. The minimum absolute atomic E-state index is 0.0175. The molecule has 0 spiro atoms. The van der Waals surface area contributed by atoms with E-state index < -0.39 is 24.5 Å². The number of hydrogen-bond donors (Lipinski definition) is 2. The van der Waals surface area contributed by atoms with Gasteiger partial charge in [-0.25, -0.2) is 8.78 Å². The maximum atomic E-state index is 12.6. The second-order valence-electron chi connectivity index (χ2n) is 5.43. The van der Waals surface area contributed by atoms with Crippen LogP contribution in [0.5, 0.6) is 0 Å². The van der Waals surface area contributed by atoms with Crippen LogP contribution in [0.4, 0.5) is 17.6 Å². The third-order valence-electron chi connectivity index (χ3n) is 3.62. The first kappa shape index (κ1) is 17.7. The molecule has 0 saturated heterocycles. The monoisotopic (exact) mass is 301 g/mol. The van der Waals surface area contributed by atoms with Crippen molar-refractivity contribution in [1.82, 2.24) is 5.32 Å². The van der Waals surface area contributed by atoms with Gasteiger partial charge in [-0.2, -0.15) is 8.78 Å². The maximum absolute atomic E-state index is 12.6. The highest BCUT2D eigenvalue weighted by atomic mass is 19.3. The Hall–Kier alpha value is -0.400. The fraction of sp³-hybridized carbons (Fsp3) is 1.00. The van der Waals surface area contributed by atoms with Gasteiger partial charge >= 0.3 is 12.3 Å². The molecule has 3 nitrogen and oxygen atoms in total. The zero-order valence-electron chi connectivity index (χ0n) is 11.7. The quantitative estimate of drug-likeness (QED) is 0.455. The van der Waals surface area contributed by atoms with Gasteiger partial charge in [0.05, 0.1) is 6.61 Å². The Labute approximate surface area is 116 Å². The number of aliphatic hydroxyl groups is 1. The predicted molar refractivity (Wildman–Crippen MR) is 67.3 cm³/mol. The van der Waals surface area contributed by atoms with E-state index in [9.17, 15) is 22.7 Å². The first-order chi connectivity index (χ1) is 9.35. The fourth-order valence-corrected chi connectivity index (χ4v) is 2.03. The molecule has 1 fully saturated rings. The van der Waals surface area contributed by atoms with Crippen molar-refractivity contribution >= 4 is 0 Å². The summed E-state index contributed by atoms with van der Waals surface area (Å²) in [7, 11) is 0. The van der Waals surface area contributed by atoms with Crippen LogP contribution < -0.4 is 5.32 Å². The summed E-state index contributed by atoms with van der Waals surface area (Å²) in [6, 6.07) is 0.422. The van der Waals surface area contributed by atoms with Crippen LogP contribution in [0, 0.1) is 0 Å². The van der Waals surface area contributed by atoms with Gasteiger partial charge in [0.25, 0.3) is 0 Å². The Balaban J connectivity index is 2.23. The summed E-state index contributed by atoms with van der Waals surface area (Å²) < 4.78 is 53.6. The average Bonchev–Trinajstić information content (AvgIpc) is 3.20. The van der Waals surface area contributed by atoms with Crippen molar-refractivity contribution in [1.29, 1.82) is 0 Å². The van der Waals surface area contributed by atoms with Crippen LogP contribution in [0.25, 0.3) is 0 Å². The Morgan fingerprint density at radius 2 is 2.00 bits per heavy atom. The zero-order valence-corrected chi connectivity index (χ0v) is 11.7. The summed E-state index contributed by atoms with van der Waals surface area (Å²) in [4.78, 5) is 0. The molecule has 1 aliphatic rings. The highest BCUT2D eigenvalue weighted by Gasteiger charge is 2.41. The average molecular weight is 301 g/mol. The largest absolute Gasteiger partial charge is 0.394 e. The Morgan fingerprint density at radius 1 is 1.35 bits per heavy atom. The predicted octanol–water partition coefficient (Wildman–Crippen LogP) is 2.58. The number of ether oxygens (including phenoxy) is 1. The molecule has 0 aromatic rings. The van der Waals surface area contributed by atoms with Gasteiger partial charge in [0.15, 0.2) is 0 Å². The van der Waals surface area contributed by atoms with Crippen molar-refractivity contribution in [2.45, 2.75) is 63.0 Å². The number of rotatable bonds is 11. The molecule has 1 unspecified atom stereocenters. The summed E-state index contributed by atoms with van der Waals surface area (Å²) >= 11 is 0. The lowest BCUT2D eigenvalue weighted by Crippen LogP contribution is -2.49. The third-order valence-corrected chi connectivity index (χ3v) is 3.62. The van der Waals surface area contributed by atoms with Gasteiger partial charge in [-0.1, -0.05) is 6.92 Å². The molecule has 20 heavy (non-hydrogen) atoms. The van der Waals surface area contributed by atoms with Gasteiger partial charge in [0.1, 0.15) is 6.61 Å². The van der Waals surface area contributed by atoms with Crippen LogP contribution in [0.3, 0.4) is 0 Å². The molecule has 120 valence electrons. The van der Waals surface area contributed by atoms with Gasteiger partial charge in [-0.3, -0.25) is 0 Å². The molecule has 1 rings (SSSR count). The van der Waals surface area contributed by atoms with E-state index >= 15 is 0 Å². The van der Waals surface area contributed by atoms with E-state index in [0.29, 0.717) is 25.3 Å². The second kappa shape index (κ2) is 7.56. The maximum Gasteiger partial charge on any atom is 0.330 e. The molecule has 2 N–H and O–H groups in total. The van der Waals surface area contributed by atoms with Gasteiger partial charge in [-0.15, -0.1) is 0 Å². The smallest absolute Gasteiger partial charge is 0.330 e. The van der Waals surface area contributed by atoms with Gasteiger partial charge in [0.2, 0.25) is 0 Å². The normalized spacial score (nSPS) is 19.4. The first-order valence-corrected chi connectivity index (χ1v) is 6.97. The standard InChI is InChI=1S/C13H23F4NO2/c1-2-12(8-19,18-10-4-5-10)6-3-7-20-9-13(16,17)11(14)15/h10-11,18-19H,2-9H2,1H3. The van der Waals surface area contributed by atoms with Crippen molar-refractivity contribution in [2.24, 2.45) is 0 Å². The lowest BCUT2D eigenvalue weighted by molar-refractivity contribution is -0.166. The van der Waals surface area contributed by atoms with Crippen LogP contribution in [0.1, 0.15) is 39.0 Å². The Kier molecular flexibility index (Phi) is 6.68. The number of alkyl halides is 4. The van der Waals surface area contributed by atoms with Gasteiger partial charge < -0.3 is 15.2 Å². The third kappa shape index (κ3) is 5.54. The molecule has 0 heterocycles. The van der Waals surface area contributed by atoms with E-state index in [4.69, 9.17) is 0 Å². The van der Waals surface area contributed by atoms with E-state index in [0.717, 1.165) is 12.8 Å². The van der Waals surface area contributed by atoms with Crippen LogP contribution in [-0.2, 0) is 4.74 Å². The molecule has 7 heteroatoms. The van der Waals surface area contributed by atoms with E-state index in [2.05, 4.69) is 10.1 Å². The molecule has 1 saturated carbocycles. The number of aliphatic hydroxyl groups excluding tert-OH is 1. The minimum atomic E-state index is -4.09. The van der Waals surface area contributed by atoms with E-state index in [1.807, 2.05) is 6.92 Å². The summed E-state index contributed by atoms with van der Waals surface area (Å²) in [6.07, 6.45) is 0.181. The molecular formula is C13H23F4NO2. The van der Waals surface area contributed by atoms with Crippen molar-refractivity contribution in [3.8, 4) is 0 Å². The highest BCUT2D eigenvalue weighted by molar-refractivity contribution is 4.94. The zero-order chi connectivity index (χ0) is 15.2. The molecule has 1 atom stereocenters. The lowest BCUT2D eigenvalue weighted by atomic mass is 9.91. The molecule has 0 aromatic carbocycles. The molecule has 0 amide bonds. The first-order valence-electron chi connectivity index (χ1n) is 6.97. The van der Waals surface area contributed by atoms with Crippen molar-refractivity contribution in [3.05, 3.63) is 0 Å².